The second-order valence-electron chi connectivity index (χ2n) is 6.33. The van der Waals surface area contributed by atoms with Gasteiger partial charge in [-0.05, 0) is 33.6 Å². The Morgan fingerprint density at radius 2 is 2.20 bits per heavy atom. The summed E-state index contributed by atoms with van der Waals surface area (Å²) in [5.41, 5.74) is 2.92. The van der Waals surface area contributed by atoms with Crippen molar-refractivity contribution in [1.82, 2.24) is 20.0 Å². The lowest BCUT2D eigenvalue weighted by molar-refractivity contribution is 0.0738. The van der Waals surface area contributed by atoms with Gasteiger partial charge in [0, 0.05) is 49.4 Å². The first-order valence-corrected chi connectivity index (χ1v) is 7.69. The van der Waals surface area contributed by atoms with E-state index >= 15 is 0 Å². The maximum absolute atomic E-state index is 12.7. The first-order valence-electron chi connectivity index (χ1n) is 7.69. The van der Waals surface area contributed by atoms with Crippen LogP contribution in [0.3, 0.4) is 0 Å². The minimum absolute atomic E-state index is 0.109. The van der Waals surface area contributed by atoms with Crippen LogP contribution in [0.2, 0.25) is 0 Å². The molecule has 0 aliphatic carbocycles. The molecule has 1 saturated heterocycles. The molecule has 1 amide bonds. The molecule has 110 valence electrons. The average Bonchev–Trinajstić information content (AvgIpc) is 3.03. The van der Waals surface area contributed by atoms with Crippen LogP contribution in [0.5, 0.6) is 0 Å². The zero-order valence-electron chi connectivity index (χ0n) is 12.6. The van der Waals surface area contributed by atoms with E-state index in [2.05, 4.69) is 35.9 Å². The summed E-state index contributed by atoms with van der Waals surface area (Å²) in [6, 6.07) is 0.853. The molecule has 0 radical (unpaired) electrons. The van der Waals surface area contributed by atoms with Crippen LogP contribution in [-0.4, -0.2) is 51.1 Å². The van der Waals surface area contributed by atoms with Crippen molar-refractivity contribution in [2.24, 2.45) is 0 Å². The number of carbonyl (C=O) groups is 1. The summed E-state index contributed by atoms with van der Waals surface area (Å²) in [5.74, 6) is 0.109. The molecule has 1 aromatic rings. The minimum atomic E-state index is 0.109. The van der Waals surface area contributed by atoms with Gasteiger partial charge in [0.1, 0.15) is 0 Å². The Kier molecular flexibility index (Phi) is 3.54. The normalized spacial score (nSPS) is 23.4. The highest BCUT2D eigenvalue weighted by atomic mass is 16.2. The number of hydrogen-bond donors (Lipinski definition) is 1. The third-order valence-corrected chi connectivity index (χ3v) is 4.71. The Morgan fingerprint density at radius 1 is 1.40 bits per heavy atom. The second kappa shape index (κ2) is 5.20. The van der Waals surface area contributed by atoms with Gasteiger partial charge >= 0.3 is 0 Å². The van der Waals surface area contributed by atoms with E-state index in [1.54, 1.807) is 0 Å². The van der Waals surface area contributed by atoms with Gasteiger partial charge in [0.2, 0.25) is 0 Å². The number of aromatic nitrogens is 2. The molecule has 3 rings (SSSR count). The van der Waals surface area contributed by atoms with Crippen LogP contribution in [0.1, 0.15) is 55.4 Å². The molecule has 1 N–H and O–H groups in total. The van der Waals surface area contributed by atoms with Gasteiger partial charge in [-0.25, -0.2) is 0 Å². The molecular weight excluding hydrogens is 252 g/mol. The van der Waals surface area contributed by atoms with E-state index < -0.39 is 0 Å². The van der Waals surface area contributed by atoms with Crippen LogP contribution >= 0.6 is 0 Å². The molecule has 1 atom stereocenters. The molecule has 0 aromatic carbocycles. The quantitative estimate of drug-likeness (QED) is 0.896. The van der Waals surface area contributed by atoms with E-state index in [4.69, 9.17) is 0 Å². The van der Waals surface area contributed by atoms with Crippen molar-refractivity contribution in [2.75, 3.05) is 13.1 Å². The smallest absolute Gasteiger partial charge is 0.274 e. The number of nitrogens with zero attached hydrogens (tertiary/aromatic N) is 3. The summed E-state index contributed by atoms with van der Waals surface area (Å²) in [6.07, 6.45) is 3.18. The summed E-state index contributed by atoms with van der Waals surface area (Å²) < 4.78 is 0. The van der Waals surface area contributed by atoms with Crippen molar-refractivity contribution in [2.45, 2.75) is 58.7 Å². The van der Waals surface area contributed by atoms with Gasteiger partial charge in [0.05, 0.1) is 0 Å². The molecule has 20 heavy (non-hydrogen) atoms. The van der Waals surface area contributed by atoms with Crippen LogP contribution in [-0.2, 0) is 13.0 Å². The van der Waals surface area contributed by atoms with E-state index in [9.17, 15) is 4.79 Å². The first kappa shape index (κ1) is 13.6. The zero-order valence-corrected chi connectivity index (χ0v) is 12.6. The van der Waals surface area contributed by atoms with Crippen LogP contribution in [0, 0.1) is 0 Å². The van der Waals surface area contributed by atoms with Crippen LogP contribution in [0.15, 0.2) is 0 Å². The molecule has 1 fully saturated rings. The lowest BCUT2D eigenvalue weighted by atomic mass is 10.0. The molecule has 2 aliphatic heterocycles. The predicted octanol–water partition coefficient (Wildman–Crippen LogP) is 1.80. The Bertz CT molecular complexity index is 508. The number of aromatic amines is 1. The van der Waals surface area contributed by atoms with Gasteiger partial charge < -0.3 is 4.90 Å². The lowest BCUT2D eigenvalue weighted by Gasteiger charge is -2.30. The summed E-state index contributed by atoms with van der Waals surface area (Å²) in [5, 5.41) is 7.41. The highest BCUT2D eigenvalue weighted by Gasteiger charge is 2.32. The molecule has 5 nitrogen and oxygen atoms in total. The molecule has 2 aliphatic rings. The summed E-state index contributed by atoms with van der Waals surface area (Å²) in [6.45, 7) is 9.29. The maximum atomic E-state index is 12.7. The molecule has 1 aromatic heterocycles. The Morgan fingerprint density at radius 3 is 2.85 bits per heavy atom. The summed E-state index contributed by atoms with van der Waals surface area (Å²) in [4.78, 5) is 17.1. The van der Waals surface area contributed by atoms with Gasteiger partial charge in [-0.15, -0.1) is 0 Å². The summed E-state index contributed by atoms with van der Waals surface area (Å²) >= 11 is 0. The van der Waals surface area contributed by atoms with Crippen LogP contribution in [0.4, 0.5) is 0 Å². The summed E-state index contributed by atoms with van der Waals surface area (Å²) in [7, 11) is 0. The van der Waals surface area contributed by atoms with Crippen molar-refractivity contribution in [3.05, 3.63) is 17.0 Å². The number of carbonyl (C=O) groups excluding carboxylic acids is 1. The van der Waals surface area contributed by atoms with E-state index in [1.165, 1.54) is 0 Å². The van der Waals surface area contributed by atoms with Crippen LogP contribution in [0.25, 0.3) is 0 Å². The first-order chi connectivity index (χ1) is 9.58. The average molecular weight is 276 g/mol. The number of rotatable bonds is 2. The van der Waals surface area contributed by atoms with E-state index in [0.29, 0.717) is 17.8 Å². The van der Waals surface area contributed by atoms with Gasteiger partial charge in [-0.2, -0.15) is 5.10 Å². The van der Waals surface area contributed by atoms with Crippen molar-refractivity contribution in [1.29, 1.82) is 0 Å². The topological polar surface area (TPSA) is 52.2 Å². The monoisotopic (exact) mass is 276 g/mol. The maximum Gasteiger partial charge on any atom is 0.274 e. The predicted molar refractivity (Wildman–Crippen MR) is 77.6 cm³/mol. The van der Waals surface area contributed by atoms with Gasteiger partial charge in [-0.3, -0.25) is 14.8 Å². The Balaban J connectivity index is 1.85. The number of nitrogens with one attached hydrogen (secondary N) is 1. The molecule has 0 bridgehead atoms. The SMILES string of the molecule is CC(C)N1CCc2[nH]nc(C(=O)N3CCCC3C)c2C1. The number of likely N-dealkylation sites (tertiary alicyclic amines) is 1. The number of amides is 1. The largest absolute Gasteiger partial charge is 0.335 e. The molecule has 1 unspecified atom stereocenters. The standard InChI is InChI=1S/C15H24N4O/c1-10(2)18-8-6-13-12(9-18)14(17-16-13)15(20)19-7-4-5-11(19)3/h10-11H,4-9H2,1-3H3,(H,16,17). The van der Waals surface area contributed by atoms with Crippen molar-refractivity contribution >= 4 is 5.91 Å². The third kappa shape index (κ3) is 2.24. The fourth-order valence-corrected chi connectivity index (χ4v) is 3.30. The molecular formula is C15H24N4O. The van der Waals surface area contributed by atoms with E-state index in [1.807, 2.05) is 4.90 Å². The lowest BCUT2D eigenvalue weighted by Crippen LogP contribution is -2.38. The molecule has 5 heteroatoms. The van der Waals surface area contributed by atoms with Gasteiger partial charge in [0.15, 0.2) is 5.69 Å². The molecule has 0 spiro atoms. The molecule has 0 saturated carbocycles. The minimum Gasteiger partial charge on any atom is -0.335 e. The van der Waals surface area contributed by atoms with E-state index in [-0.39, 0.29) is 5.91 Å². The Labute approximate surface area is 120 Å². The fourth-order valence-electron chi connectivity index (χ4n) is 3.30. The van der Waals surface area contributed by atoms with Crippen molar-refractivity contribution < 1.29 is 4.79 Å². The Hall–Kier alpha value is -1.36. The second-order valence-corrected chi connectivity index (χ2v) is 6.33. The van der Waals surface area contributed by atoms with Crippen molar-refractivity contribution in [3.63, 3.8) is 0 Å². The van der Waals surface area contributed by atoms with Gasteiger partial charge in [-0.1, -0.05) is 0 Å². The highest BCUT2D eigenvalue weighted by molar-refractivity contribution is 5.94. The highest BCUT2D eigenvalue weighted by Crippen LogP contribution is 2.25. The zero-order chi connectivity index (χ0) is 14.3. The van der Waals surface area contributed by atoms with Gasteiger partial charge in [0.25, 0.3) is 5.91 Å². The fraction of sp³-hybridized carbons (Fsp3) is 0.733. The van der Waals surface area contributed by atoms with Crippen LogP contribution < -0.4 is 0 Å². The number of fused-ring (bicyclic) bond motifs is 1. The molecule has 3 heterocycles. The third-order valence-electron chi connectivity index (χ3n) is 4.71. The number of H-pyrrole nitrogens is 1. The van der Waals surface area contributed by atoms with E-state index in [0.717, 1.165) is 50.2 Å². The van der Waals surface area contributed by atoms with Crippen molar-refractivity contribution in [3.8, 4) is 0 Å². The number of hydrogen-bond acceptors (Lipinski definition) is 3.